The lowest BCUT2D eigenvalue weighted by Gasteiger charge is -2.38. The van der Waals surface area contributed by atoms with E-state index in [4.69, 9.17) is 12.2 Å². The molecule has 186 valence electrons. The number of nitrogens with one attached hydrogen (secondary N) is 3. The fraction of sp³-hybridized carbons (Fsp3) is 0.429. The zero-order valence-electron chi connectivity index (χ0n) is 18.8. The highest BCUT2D eigenvalue weighted by Crippen LogP contribution is 2.25. The zero-order valence-corrected chi connectivity index (χ0v) is 20.4. The molecule has 35 heavy (non-hydrogen) atoms. The molecule has 0 bridgehead atoms. The number of piperidine rings is 1. The second-order valence-corrected chi connectivity index (χ2v) is 9.86. The standard InChI is InChI=1S/C21H24FN7O4S2/c1-28-6-4-13-15(10-28)35-20(26-13)18(31)24-14-9-29(21(32)33)7-5-12(14)25-19(34)17(30)27-16-3-2-11(22)8-23-16/h2-3,8,12,14H,4-7,9-10H2,1H3,(H,24,31)(H,25,34)(H,32,33)(H,23,27,30)/t12-,14+/m0/s1. The van der Waals surface area contributed by atoms with Crippen LogP contribution in [-0.4, -0.2) is 86.5 Å². The molecule has 2 aliphatic heterocycles. The Hall–Kier alpha value is -3.23. The number of carboxylic acid groups (broad SMARTS) is 1. The number of aromatic nitrogens is 2. The topological polar surface area (TPSA) is 140 Å². The van der Waals surface area contributed by atoms with Gasteiger partial charge in [0.05, 0.1) is 24.0 Å². The Bertz CT molecular complexity index is 1140. The van der Waals surface area contributed by atoms with Crippen LogP contribution in [0.3, 0.4) is 0 Å². The maximum Gasteiger partial charge on any atom is 0.407 e. The van der Waals surface area contributed by atoms with E-state index in [2.05, 4.69) is 30.8 Å². The highest BCUT2D eigenvalue weighted by atomic mass is 32.1. The number of thiazole rings is 1. The summed E-state index contributed by atoms with van der Waals surface area (Å²) in [5, 5.41) is 18.0. The third kappa shape index (κ3) is 6.07. The van der Waals surface area contributed by atoms with Gasteiger partial charge in [-0.1, -0.05) is 12.2 Å². The summed E-state index contributed by atoms with van der Waals surface area (Å²) >= 11 is 6.54. The molecule has 0 aliphatic carbocycles. The van der Waals surface area contributed by atoms with E-state index in [1.54, 1.807) is 0 Å². The van der Waals surface area contributed by atoms with Gasteiger partial charge in [0.1, 0.15) is 11.6 Å². The third-order valence-electron chi connectivity index (χ3n) is 5.81. The van der Waals surface area contributed by atoms with Gasteiger partial charge < -0.3 is 30.9 Å². The first-order chi connectivity index (χ1) is 16.7. The summed E-state index contributed by atoms with van der Waals surface area (Å²) in [5.74, 6) is -1.46. The Morgan fingerprint density at radius 2 is 2.03 bits per heavy atom. The fourth-order valence-corrected chi connectivity index (χ4v) is 5.25. The van der Waals surface area contributed by atoms with Crippen molar-refractivity contribution in [2.75, 3.05) is 32.0 Å². The van der Waals surface area contributed by atoms with Gasteiger partial charge in [-0.2, -0.15) is 0 Å². The second-order valence-electron chi connectivity index (χ2n) is 8.37. The molecule has 0 unspecified atom stereocenters. The van der Waals surface area contributed by atoms with Crippen molar-refractivity contribution in [3.63, 3.8) is 0 Å². The fourth-order valence-electron chi connectivity index (χ4n) is 3.95. The van der Waals surface area contributed by atoms with Crippen LogP contribution in [0, 0.1) is 5.82 Å². The molecule has 1 saturated heterocycles. The Kier molecular flexibility index (Phi) is 7.52. The van der Waals surface area contributed by atoms with Gasteiger partial charge in [0.25, 0.3) is 11.8 Å². The van der Waals surface area contributed by atoms with E-state index in [-0.39, 0.29) is 23.9 Å². The highest BCUT2D eigenvalue weighted by Gasteiger charge is 2.34. The van der Waals surface area contributed by atoms with Crippen molar-refractivity contribution in [1.29, 1.82) is 0 Å². The van der Waals surface area contributed by atoms with E-state index in [0.717, 1.165) is 42.3 Å². The number of likely N-dealkylation sites (N-methyl/N-ethyl adjacent to an activating group) is 1. The average Bonchev–Trinajstić information content (AvgIpc) is 3.25. The van der Waals surface area contributed by atoms with Crippen LogP contribution in [0.4, 0.5) is 15.0 Å². The van der Waals surface area contributed by atoms with E-state index < -0.39 is 35.8 Å². The third-order valence-corrected chi connectivity index (χ3v) is 7.19. The van der Waals surface area contributed by atoms with E-state index in [1.807, 2.05) is 7.05 Å². The van der Waals surface area contributed by atoms with Crippen molar-refractivity contribution in [2.24, 2.45) is 0 Å². The summed E-state index contributed by atoms with van der Waals surface area (Å²) in [5.41, 5.74) is 0.913. The molecule has 11 nitrogen and oxygen atoms in total. The summed E-state index contributed by atoms with van der Waals surface area (Å²) in [6.07, 6.45) is 0.951. The Morgan fingerprint density at radius 3 is 2.74 bits per heavy atom. The number of carbonyl (C=O) groups excluding carboxylic acids is 2. The maximum absolute atomic E-state index is 13.0. The summed E-state index contributed by atoms with van der Waals surface area (Å²) in [6.45, 7) is 1.83. The highest BCUT2D eigenvalue weighted by molar-refractivity contribution is 7.82. The van der Waals surface area contributed by atoms with Crippen LogP contribution in [0.1, 0.15) is 26.8 Å². The number of pyridine rings is 1. The Balaban J connectivity index is 1.43. The van der Waals surface area contributed by atoms with Gasteiger partial charge in [-0.15, -0.1) is 11.3 Å². The molecule has 0 spiro atoms. The van der Waals surface area contributed by atoms with Crippen LogP contribution in [0.15, 0.2) is 18.3 Å². The van der Waals surface area contributed by atoms with Crippen LogP contribution in [0.25, 0.3) is 0 Å². The van der Waals surface area contributed by atoms with E-state index >= 15 is 0 Å². The van der Waals surface area contributed by atoms with Crippen molar-refractivity contribution in [2.45, 2.75) is 31.5 Å². The van der Waals surface area contributed by atoms with Crippen molar-refractivity contribution in [3.8, 4) is 0 Å². The van der Waals surface area contributed by atoms with Gasteiger partial charge in [0.2, 0.25) is 0 Å². The monoisotopic (exact) mass is 521 g/mol. The molecule has 0 saturated carbocycles. The lowest BCUT2D eigenvalue weighted by atomic mass is 9.99. The molecule has 2 aromatic heterocycles. The number of fused-ring (bicyclic) bond motifs is 1. The van der Waals surface area contributed by atoms with Crippen LogP contribution in [0.5, 0.6) is 0 Å². The minimum absolute atomic E-state index is 0.0241. The summed E-state index contributed by atoms with van der Waals surface area (Å²) in [6, 6.07) is 1.32. The second kappa shape index (κ2) is 10.6. The molecule has 0 aromatic carbocycles. The first-order valence-corrected chi connectivity index (χ1v) is 12.1. The number of likely N-dealkylation sites (tertiary alicyclic amines) is 1. The average molecular weight is 522 g/mol. The molecule has 1 fully saturated rings. The first-order valence-electron chi connectivity index (χ1n) is 10.9. The number of amides is 3. The molecular weight excluding hydrogens is 497 g/mol. The van der Waals surface area contributed by atoms with Gasteiger partial charge in [-0.3, -0.25) is 9.59 Å². The smallest absolute Gasteiger partial charge is 0.407 e. The number of hydrogen-bond donors (Lipinski definition) is 4. The van der Waals surface area contributed by atoms with E-state index in [0.29, 0.717) is 11.4 Å². The van der Waals surface area contributed by atoms with Crippen LogP contribution < -0.4 is 16.0 Å². The van der Waals surface area contributed by atoms with Crippen LogP contribution in [-0.2, 0) is 17.8 Å². The largest absolute Gasteiger partial charge is 0.465 e. The predicted octanol–water partition coefficient (Wildman–Crippen LogP) is 1.07. The van der Waals surface area contributed by atoms with Crippen molar-refractivity contribution in [1.82, 2.24) is 30.4 Å². The molecule has 3 amide bonds. The number of hydrogen-bond acceptors (Lipinski definition) is 8. The Labute approximate surface area is 209 Å². The zero-order chi connectivity index (χ0) is 25.1. The molecule has 4 N–H and O–H groups in total. The molecule has 2 aliphatic rings. The van der Waals surface area contributed by atoms with Crippen molar-refractivity contribution >= 4 is 52.3 Å². The molecule has 4 rings (SSSR count). The quantitative estimate of drug-likeness (QED) is 0.435. The summed E-state index contributed by atoms with van der Waals surface area (Å²) < 4.78 is 13.0. The van der Waals surface area contributed by atoms with Gasteiger partial charge in [-0.05, 0) is 25.6 Å². The number of nitrogens with zero attached hydrogens (tertiary/aromatic N) is 4. The minimum atomic E-state index is -1.10. The van der Waals surface area contributed by atoms with Crippen LogP contribution >= 0.6 is 23.6 Å². The van der Waals surface area contributed by atoms with Crippen molar-refractivity contribution in [3.05, 3.63) is 39.7 Å². The maximum atomic E-state index is 13.0. The van der Waals surface area contributed by atoms with Crippen LogP contribution in [0.2, 0.25) is 0 Å². The lowest BCUT2D eigenvalue weighted by Crippen LogP contribution is -2.62. The van der Waals surface area contributed by atoms with Crippen molar-refractivity contribution < 1.29 is 23.9 Å². The number of rotatable bonds is 4. The molecular formula is C21H24FN7O4S2. The first kappa shape index (κ1) is 24.9. The van der Waals surface area contributed by atoms with Gasteiger partial charge in [-0.25, -0.2) is 19.2 Å². The SMILES string of the molecule is CN1CCc2nc(C(=O)N[C@@H]3CN(C(=O)O)CC[C@@H]3NC(=S)C(=O)Nc3ccc(F)cn3)sc2C1. The van der Waals surface area contributed by atoms with Gasteiger partial charge in [0.15, 0.2) is 10.00 Å². The molecule has 4 heterocycles. The molecule has 14 heteroatoms. The number of thiocarbonyl (C=S) groups is 1. The predicted molar refractivity (Wildman–Crippen MR) is 130 cm³/mol. The van der Waals surface area contributed by atoms with Gasteiger partial charge in [0, 0.05) is 37.5 Å². The summed E-state index contributed by atoms with van der Waals surface area (Å²) in [4.78, 5) is 49.5. The van der Waals surface area contributed by atoms with E-state index in [9.17, 15) is 23.9 Å². The minimum Gasteiger partial charge on any atom is -0.465 e. The lowest BCUT2D eigenvalue weighted by molar-refractivity contribution is -0.110. The number of halogens is 1. The Morgan fingerprint density at radius 1 is 1.23 bits per heavy atom. The van der Waals surface area contributed by atoms with E-state index in [1.165, 1.54) is 22.3 Å². The van der Waals surface area contributed by atoms with Gasteiger partial charge >= 0.3 is 6.09 Å². The number of carbonyl (C=O) groups is 3. The summed E-state index contributed by atoms with van der Waals surface area (Å²) in [7, 11) is 2.01. The molecule has 0 radical (unpaired) electrons. The molecule has 2 atom stereocenters. The number of anilines is 1. The molecule has 2 aromatic rings. The normalized spacial score (nSPS) is 20.0.